The number of aliphatic carboxylic acids is 1. The molecule has 18 heavy (non-hydrogen) atoms. The molecular weight excluding hydrogens is 238 g/mol. The molecule has 2 fully saturated rings. The number of ether oxygens (including phenoxy) is 1. The highest BCUT2D eigenvalue weighted by atomic mass is 16.5. The smallest absolute Gasteiger partial charge is 0.326 e. The zero-order valence-corrected chi connectivity index (χ0v) is 10.5. The van der Waals surface area contributed by atoms with Gasteiger partial charge in [0.15, 0.2) is 0 Å². The normalized spacial score (nSPS) is 30.0. The lowest BCUT2D eigenvalue weighted by atomic mass is 9.77. The van der Waals surface area contributed by atoms with Crippen LogP contribution in [0.1, 0.15) is 32.1 Å². The number of carboxylic acid groups (broad SMARTS) is 1. The van der Waals surface area contributed by atoms with Gasteiger partial charge in [0, 0.05) is 20.1 Å². The Bertz CT molecular complexity index is 347. The third kappa shape index (κ3) is 2.35. The van der Waals surface area contributed by atoms with Crippen LogP contribution in [0.3, 0.4) is 0 Å². The minimum atomic E-state index is -1.06. The number of aliphatic hydroxyl groups is 1. The SMILES string of the molecule is COC1(CC(=O)N2C[C@H](O)C[C@H]2C(=O)O)CCC1. The summed E-state index contributed by atoms with van der Waals surface area (Å²) in [5, 5.41) is 18.5. The number of nitrogens with zero attached hydrogens (tertiary/aromatic N) is 1. The Morgan fingerprint density at radius 2 is 2.11 bits per heavy atom. The standard InChI is InChI=1S/C12H19NO5/c1-18-12(3-2-4-12)6-10(15)13-7-8(14)5-9(13)11(16)17/h8-9,14H,2-7H2,1H3,(H,16,17)/t8-,9+/m1/s1. The van der Waals surface area contributed by atoms with E-state index in [0.29, 0.717) is 0 Å². The number of carbonyl (C=O) groups excluding carboxylic acids is 1. The van der Waals surface area contributed by atoms with Crippen LogP contribution >= 0.6 is 0 Å². The van der Waals surface area contributed by atoms with E-state index in [0.717, 1.165) is 19.3 Å². The van der Waals surface area contributed by atoms with Crippen LogP contribution in [0.4, 0.5) is 0 Å². The molecule has 6 nitrogen and oxygen atoms in total. The maximum atomic E-state index is 12.1. The van der Waals surface area contributed by atoms with Crippen molar-refractivity contribution in [3.8, 4) is 0 Å². The summed E-state index contributed by atoms with van der Waals surface area (Å²) in [5.41, 5.74) is -0.409. The van der Waals surface area contributed by atoms with Crippen LogP contribution in [-0.4, -0.2) is 58.4 Å². The lowest BCUT2D eigenvalue weighted by Crippen LogP contribution is -2.48. The summed E-state index contributed by atoms with van der Waals surface area (Å²) in [4.78, 5) is 24.5. The summed E-state index contributed by atoms with van der Waals surface area (Å²) in [6.07, 6.45) is 2.29. The van der Waals surface area contributed by atoms with Gasteiger partial charge in [0.25, 0.3) is 0 Å². The molecule has 1 saturated heterocycles. The fraction of sp³-hybridized carbons (Fsp3) is 0.833. The van der Waals surface area contributed by atoms with Gasteiger partial charge in [-0.25, -0.2) is 4.79 Å². The minimum Gasteiger partial charge on any atom is -0.480 e. The van der Waals surface area contributed by atoms with Crippen molar-refractivity contribution in [1.29, 1.82) is 0 Å². The lowest BCUT2D eigenvalue weighted by molar-refractivity contribution is -0.153. The highest BCUT2D eigenvalue weighted by molar-refractivity contribution is 5.85. The third-order valence-electron chi connectivity index (χ3n) is 4.06. The van der Waals surface area contributed by atoms with Crippen molar-refractivity contribution >= 4 is 11.9 Å². The summed E-state index contributed by atoms with van der Waals surface area (Å²) in [6, 6.07) is -0.901. The average Bonchev–Trinajstić information content (AvgIpc) is 2.66. The van der Waals surface area contributed by atoms with Gasteiger partial charge in [-0.3, -0.25) is 4.79 Å². The molecule has 2 atom stereocenters. The largest absolute Gasteiger partial charge is 0.480 e. The van der Waals surface area contributed by atoms with Crippen molar-refractivity contribution in [3.05, 3.63) is 0 Å². The van der Waals surface area contributed by atoms with Crippen molar-refractivity contribution in [2.45, 2.75) is 49.9 Å². The molecular formula is C12H19NO5. The van der Waals surface area contributed by atoms with Gasteiger partial charge in [0.05, 0.1) is 18.1 Å². The summed E-state index contributed by atoms with van der Waals surface area (Å²) < 4.78 is 5.37. The zero-order valence-electron chi connectivity index (χ0n) is 10.5. The maximum Gasteiger partial charge on any atom is 0.326 e. The molecule has 0 unspecified atom stereocenters. The van der Waals surface area contributed by atoms with Crippen molar-refractivity contribution < 1.29 is 24.5 Å². The van der Waals surface area contributed by atoms with Gasteiger partial charge in [-0.05, 0) is 19.3 Å². The summed E-state index contributed by atoms with van der Waals surface area (Å²) in [7, 11) is 1.58. The van der Waals surface area contributed by atoms with Crippen molar-refractivity contribution in [1.82, 2.24) is 4.90 Å². The third-order valence-corrected chi connectivity index (χ3v) is 4.06. The Morgan fingerprint density at radius 1 is 1.44 bits per heavy atom. The van der Waals surface area contributed by atoms with E-state index >= 15 is 0 Å². The molecule has 2 rings (SSSR count). The molecule has 0 bridgehead atoms. The molecule has 102 valence electrons. The maximum absolute atomic E-state index is 12.1. The van der Waals surface area contributed by atoms with Crippen molar-refractivity contribution in [2.24, 2.45) is 0 Å². The van der Waals surface area contributed by atoms with E-state index < -0.39 is 23.7 Å². The van der Waals surface area contributed by atoms with E-state index in [9.17, 15) is 14.7 Å². The first-order valence-electron chi connectivity index (χ1n) is 6.23. The number of carbonyl (C=O) groups is 2. The number of hydrogen-bond donors (Lipinski definition) is 2. The van der Waals surface area contributed by atoms with Gasteiger partial charge >= 0.3 is 5.97 Å². The Balaban J connectivity index is 2.01. The fourth-order valence-corrected chi connectivity index (χ4v) is 2.72. The second-order valence-corrected chi connectivity index (χ2v) is 5.21. The lowest BCUT2D eigenvalue weighted by Gasteiger charge is -2.41. The first kappa shape index (κ1) is 13.3. The highest BCUT2D eigenvalue weighted by Crippen LogP contribution is 2.39. The predicted octanol–water partition coefficient (Wildman–Crippen LogP) is -0.00800. The quantitative estimate of drug-likeness (QED) is 0.739. The van der Waals surface area contributed by atoms with Crippen LogP contribution in [-0.2, 0) is 14.3 Å². The van der Waals surface area contributed by atoms with E-state index in [-0.39, 0.29) is 25.3 Å². The molecule has 0 aromatic heterocycles. The number of carboxylic acids is 1. The van der Waals surface area contributed by atoms with E-state index in [1.165, 1.54) is 4.90 Å². The molecule has 6 heteroatoms. The van der Waals surface area contributed by atoms with Gasteiger partial charge in [-0.15, -0.1) is 0 Å². The second kappa shape index (κ2) is 4.85. The monoisotopic (exact) mass is 257 g/mol. The van der Waals surface area contributed by atoms with Gasteiger partial charge < -0.3 is 19.8 Å². The molecule has 0 spiro atoms. The van der Waals surface area contributed by atoms with E-state index in [1.807, 2.05) is 0 Å². The Morgan fingerprint density at radius 3 is 2.56 bits per heavy atom. The first-order valence-corrected chi connectivity index (χ1v) is 6.23. The molecule has 0 aromatic carbocycles. The number of methoxy groups -OCH3 is 1. The number of β-amino-alcohol motifs (C(OH)–C–C–N with tert-alkyl or cyclic N) is 1. The second-order valence-electron chi connectivity index (χ2n) is 5.21. The van der Waals surface area contributed by atoms with Gasteiger partial charge in [-0.1, -0.05) is 0 Å². The topological polar surface area (TPSA) is 87.1 Å². The molecule has 0 aromatic rings. The number of likely N-dealkylation sites (tertiary alicyclic amines) is 1. The predicted molar refractivity (Wildman–Crippen MR) is 62.0 cm³/mol. The van der Waals surface area contributed by atoms with E-state index in [1.54, 1.807) is 7.11 Å². The van der Waals surface area contributed by atoms with Crippen LogP contribution in [0.5, 0.6) is 0 Å². The Labute approximate surface area is 106 Å². The summed E-state index contributed by atoms with van der Waals surface area (Å²) in [5.74, 6) is -1.29. The molecule has 1 saturated carbocycles. The zero-order chi connectivity index (χ0) is 13.3. The van der Waals surface area contributed by atoms with Gasteiger partial charge in [-0.2, -0.15) is 0 Å². The number of rotatable bonds is 4. The van der Waals surface area contributed by atoms with Gasteiger partial charge in [0.1, 0.15) is 6.04 Å². The fourth-order valence-electron chi connectivity index (χ4n) is 2.72. The molecule has 1 aliphatic carbocycles. The minimum absolute atomic E-state index is 0.107. The molecule has 1 aliphatic heterocycles. The van der Waals surface area contributed by atoms with Crippen LogP contribution in [0.25, 0.3) is 0 Å². The van der Waals surface area contributed by atoms with Crippen LogP contribution in [0.2, 0.25) is 0 Å². The summed E-state index contributed by atoms with van der Waals surface area (Å²) in [6.45, 7) is 0.107. The molecule has 1 amide bonds. The summed E-state index contributed by atoms with van der Waals surface area (Å²) >= 11 is 0. The van der Waals surface area contributed by atoms with Crippen molar-refractivity contribution in [3.63, 3.8) is 0 Å². The average molecular weight is 257 g/mol. The molecule has 2 aliphatic rings. The van der Waals surface area contributed by atoms with Crippen LogP contribution < -0.4 is 0 Å². The highest BCUT2D eigenvalue weighted by Gasteiger charge is 2.44. The number of amides is 1. The number of hydrogen-bond acceptors (Lipinski definition) is 4. The molecule has 2 N–H and O–H groups in total. The first-order chi connectivity index (χ1) is 8.47. The Hall–Kier alpha value is -1.14. The van der Waals surface area contributed by atoms with Crippen LogP contribution in [0, 0.1) is 0 Å². The molecule has 1 heterocycles. The van der Waals surface area contributed by atoms with Crippen LogP contribution in [0.15, 0.2) is 0 Å². The van der Waals surface area contributed by atoms with E-state index in [2.05, 4.69) is 0 Å². The van der Waals surface area contributed by atoms with Gasteiger partial charge in [0.2, 0.25) is 5.91 Å². The Kier molecular flexibility index (Phi) is 3.59. The van der Waals surface area contributed by atoms with E-state index in [4.69, 9.17) is 9.84 Å². The number of aliphatic hydroxyl groups excluding tert-OH is 1. The van der Waals surface area contributed by atoms with Crippen molar-refractivity contribution in [2.75, 3.05) is 13.7 Å². The molecule has 0 radical (unpaired) electrons.